The van der Waals surface area contributed by atoms with Crippen molar-refractivity contribution in [3.63, 3.8) is 0 Å². The van der Waals surface area contributed by atoms with Gasteiger partial charge in [-0.25, -0.2) is 0 Å². The smallest absolute Gasteiger partial charge is 0.348 e. The highest BCUT2D eigenvalue weighted by Gasteiger charge is 2.34. The van der Waals surface area contributed by atoms with Gasteiger partial charge in [0.05, 0.1) is 0 Å². The number of hydrogen-bond acceptors (Lipinski definition) is 3. The summed E-state index contributed by atoms with van der Waals surface area (Å²) < 4.78 is 37.2. The predicted molar refractivity (Wildman–Crippen MR) is 65.1 cm³/mol. The van der Waals surface area contributed by atoms with Crippen molar-refractivity contribution in [3.8, 4) is 0 Å². The molecule has 8 heteroatoms. The van der Waals surface area contributed by atoms with E-state index in [0.717, 1.165) is 18.9 Å². The third-order valence-corrected chi connectivity index (χ3v) is 3.22. The molecule has 110 valence electrons. The van der Waals surface area contributed by atoms with Crippen LogP contribution in [0.4, 0.5) is 13.2 Å². The van der Waals surface area contributed by atoms with Crippen LogP contribution in [0.15, 0.2) is 16.9 Å². The molecule has 20 heavy (non-hydrogen) atoms. The van der Waals surface area contributed by atoms with E-state index in [9.17, 15) is 22.8 Å². The van der Waals surface area contributed by atoms with Crippen LogP contribution < -0.4 is 16.6 Å². The average Bonchev–Trinajstić information content (AvgIpc) is 3.18. The van der Waals surface area contributed by atoms with Crippen LogP contribution in [0, 0.1) is 5.92 Å². The molecule has 1 atom stereocenters. The Morgan fingerprint density at radius 2 is 2.10 bits per heavy atom. The maximum absolute atomic E-state index is 12.4. The van der Waals surface area contributed by atoms with Crippen LogP contribution in [0.5, 0.6) is 0 Å². The van der Waals surface area contributed by atoms with Crippen molar-refractivity contribution in [2.24, 2.45) is 11.7 Å². The van der Waals surface area contributed by atoms with Gasteiger partial charge in [-0.2, -0.15) is 13.2 Å². The molecule has 1 aromatic rings. The van der Waals surface area contributed by atoms with Crippen LogP contribution >= 0.6 is 0 Å². The van der Waals surface area contributed by atoms with Gasteiger partial charge in [-0.05, 0) is 30.9 Å². The minimum absolute atomic E-state index is 0.231. The van der Waals surface area contributed by atoms with E-state index in [1.807, 2.05) is 0 Å². The van der Waals surface area contributed by atoms with Gasteiger partial charge in [-0.1, -0.05) is 0 Å². The molecule has 1 aromatic heterocycles. The van der Waals surface area contributed by atoms with Gasteiger partial charge in [0, 0.05) is 12.6 Å². The summed E-state index contributed by atoms with van der Waals surface area (Å²) in [4.78, 5) is 25.1. The van der Waals surface area contributed by atoms with E-state index in [1.54, 1.807) is 4.98 Å². The monoisotopic (exact) mass is 289 g/mol. The van der Waals surface area contributed by atoms with Gasteiger partial charge >= 0.3 is 6.18 Å². The fraction of sp³-hybridized carbons (Fsp3) is 0.500. The van der Waals surface area contributed by atoms with Crippen LogP contribution in [0.25, 0.3) is 0 Å². The molecule has 0 radical (unpaired) electrons. The summed E-state index contributed by atoms with van der Waals surface area (Å²) >= 11 is 0. The molecule has 1 aliphatic carbocycles. The maximum Gasteiger partial charge on any atom is 0.431 e. The number of pyridine rings is 1. The molecule has 0 saturated heterocycles. The van der Waals surface area contributed by atoms with E-state index >= 15 is 0 Å². The average molecular weight is 289 g/mol. The highest BCUT2D eigenvalue weighted by Crippen LogP contribution is 2.32. The lowest BCUT2D eigenvalue weighted by molar-refractivity contribution is -0.141. The van der Waals surface area contributed by atoms with Crippen LogP contribution in [0.1, 0.15) is 28.9 Å². The van der Waals surface area contributed by atoms with Crippen LogP contribution in [-0.4, -0.2) is 23.5 Å². The van der Waals surface area contributed by atoms with E-state index in [2.05, 4.69) is 5.32 Å². The summed E-state index contributed by atoms with van der Waals surface area (Å²) in [5.74, 6) is -0.417. The minimum atomic E-state index is -4.65. The largest absolute Gasteiger partial charge is 0.431 e. The molecule has 0 aromatic carbocycles. The fourth-order valence-electron chi connectivity index (χ4n) is 1.93. The molecular weight excluding hydrogens is 275 g/mol. The van der Waals surface area contributed by atoms with Crippen LogP contribution in [0.2, 0.25) is 0 Å². The van der Waals surface area contributed by atoms with Crippen molar-refractivity contribution >= 4 is 5.91 Å². The summed E-state index contributed by atoms with van der Waals surface area (Å²) in [5.41, 5.74) is 2.91. The van der Waals surface area contributed by atoms with Crippen molar-refractivity contribution in [3.05, 3.63) is 33.7 Å². The van der Waals surface area contributed by atoms with Gasteiger partial charge in [0.25, 0.3) is 11.5 Å². The van der Waals surface area contributed by atoms with Gasteiger partial charge in [0.15, 0.2) is 0 Å². The van der Waals surface area contributed by atoms with E-state index in [1.165, 1.54) is 0 Å². The lowest BCUT2D eigenvalue weighted by Gasteiger charge is -2.15. The predicted octanol–water partition coefficient (Wildman–Crippen LogP) is 0.861. The fourth-order valence-corrected chi connectivity index (χ4v) is 1.93. The number of H-pyrrole nitrogens is 1. The summed E-state index contributed by atoms with van der Waals surface area (Å²) in [6, 6.07) is 1.30. The number of carbonyl (C=O) groups excluding carboxylic acids is 1. The second-order valence-electron chi connectivity index (χ2n) is 4.77. The topological polar surface area (TPSA) is 88.0 Å². The summed E-state index contributed by atoms with van der Waals surface area (Å²) in [7, 11) is 0. The van der Waals surface area contributed by atoms with Crippen LogP contribution in [0.3, 0.4) is 0 Å². The first-order chi connectivity index (χ1) is 9.32. The van der Waals surface area contributed by atoms with Gasteiger partial charge in [0.2, 0.25) is 0 Å². The highest BCUT2D eigenvalue weighted by molar-refractivity contribution is 5.94. The molecule has 4 N–H and O–H groups in total. The number of aromatic amines is 1. The number of halogens is 3. The van der Waals surface area contributed by atoms with E-state index in [-0.39, 0.29) is 24.1 Å². The van der Waals surface area contributed by atoms with Gasteiger partial charge in [-0.15, -0.1) is 0 Å². The molecular formula is C12H14F3N3O2. The molecule has 1 fully saturated rings. The van der Waals surface area contributed by atoms with Crippen molar-refractivity contribution < 1.29 is 18.0 Å². The SMILES string of the molecule is NCC(NC(=O)c1ccc(C(F)(F)F)[nH]c1=O)C1CC1. The Balaban J connectivity index is 2.16. The molecule has 1 aliphatic rings. The number of nitrogens with one attached hydrogen (secondary N) is 2. The second kappa shape index (κ2) is 5.28. The Morgan fingerprint density at radius 3 is 2.55 bits per heavy atom. The zero-order valence-electron chi connectivity index (χ0n) is 10.5. The second-order valence-corrected chi connectivity index (χ2v) is 4.77. The lowest BCUT2D eigenvalue weighted by Crippen LogP contribution is -2.43. The van der Waals surface area contributed by atoms with E-state index in [4.69, 9.17) is 5.73 Å². The first-order valence-electron chi connectivity index (χ1n) is 6.14. The third-order valence-electron chi connectivity index (χ3n) is 3.22. The van der Waals surface area contributed by atoms with Crippen LogP contribution in [-0.2, 0) is 6.18 Å². The molecule has 1 unspecified atom stereocenters. The Hall–Kier alpha value is -1.83. The minimum Gasteiger partial charge on any atom is -0.348 e. The number of nitrogens with two attached hydrogens (primary N) is 1. The van der Waals surface area contributed by atoms with Crippen molar-refractivity contribution in [2.75, 3.05) is 6.54 Å². The first-order valence-corrected chi connectivity index (χ1v) is 6.14. The Labute approximate surface area is 112 Å². The molecule has 1 heterocycles. The number of hydrogen-bond donors (Lipinski definition) is 3. The zero-order chi connectivity index (χ0) is 14.9. The Kier molecular flexibility index (Phi) is 3.85. The van der Waals surface area contributed by atoms with Gasteiger partial charge in [-0.3, -0.25) is 9.59 Å². The van der Waals surface area contributed by atoms with Crippen molar-refractivity contribution in [1.82, 2.24) is 10.3 Å². The van der Waals surface area contributed by atoms with Crippen molar-refractivity contribution in [2.45, 2.75) is 25.1 Å². The Morgan fingerprint density at radius 1 is 1.45 bits per heavy atom. The van der Waals surface area contributed by atoms with Gasteiger partial charge < -0.3 is 16.0 Å². The Bertz CT molecular complexity index is 564. The van der Waals surface area contributed by atoms with Crippen molar-refractivity contribution in [1.29, 1.82) is 0 Å². The quantitative estimate of drug-likeness (QED) is 0.768. The number of amides is 1. The summed E-state index contributed by atoms with van der Waals surface area (Å²) in [6.07, 6.45) is -2.75. The molecule has 0 aliphatic heterocycles. The summed E-state index contributed by atoms with van der Waals surface area (Å²) in [6.45, 7) is 0.231. The van der Waals surface area contributed by atoms with E-state index in [0.29, 0.717) is 6.07 Å². The maximum atomic E-state index is 12.4. The number of carbonyl (C=O) groups is 1. The molecule has 5 nitrogen and oxygen atoms in total. The number of alkyl halides is 3. The number of aromatic nitrogens is 1. The molecule has 0 bridgehead atoms. The molecule has 0 spiro atoms. The van der Waals surface area contributed by atoms with E-state index < -0.39 is 23.3 Å². The summed E-state index contributed by atoms with van der Waals surface area (Å²) in [5, 5.41) is 2.58. The zero-order valence-corrected chi connectivity index (χ0v) is 10.5. The molecule has 1 saturated carbocycles. The standard InChI is InChI=1S/C12H14F3N3O2/c13-12(14,15)9-4-3-7(11(20)18-9)10(19)17-8(5-16)6-1-2-6/h3-4,6,8H,1-2,5,16H2,(H,17,19)(H,18,20). The number of rotatable bonds is 4. The normalized spacial score (nSPS) is 16.8. The molecule has 2 rings (SSSR count). The first kappa shape index (κ1) is 14.6. The highest BCUT2D eigenvalue weighted by atomic mass is 19.4. The van der Waals surface area contributed by atoms with Gasteiger partial charge in [0.1, 0.15) is 11.3 Å². The third kappa shape index (κ3) is 3.19. The lowest BCUT2D eigenvalue weighted by atomic mass is 10.1. The molecule has 1 amide bonds.